The number of aromatic hydroxyl groups is 1. The highest BCUT2D eigenvalue weighted by Gasteiger charge is 2.24. The molecule has 36 heavy (non-hydrogen) atoms. The van der Waals surface area contributed by atoms with E-state index in [1.807, 2.05) is 6.07 Å². The Morgan fingerprint density at radius 1 is 1.06 bits per heavy atom. The first-order valence-electron chi connectivity index (χ1n) is 11.4. The molecule has 1 aromatic carbocycles. The molecule has 1 atom stereocenters. The van der Waals surface area contributed by atoms with Crippen molar-refractivity contribution in [2.75, 3.05) is 12.3 Å². The summed E-state index contributed by atoms with van der Waals surface area (Å²) in [6.45, 7) is 2.90. The summed E-state index contributed by atoms with van der Waals surface area (Å²) < 4.78 is 0. The molecule has 11 heteroatoms. The van der Waals surface area contributed by atoms with Crippen molar-refractivity contribution in [2.45, 2.75) is 45.6 Å². The summed E-state index contributed by atoms with van der Waals surface area (Å²) >= 11 is 1.23. The van der Waals surface area contributed by atoms with Crippen molar-refractivity contribution in [3.63, 3.8) is 0 Å². The number of nitrogen functional groups attached to an aromatic ring is 1. The minimum absolute atomic E-state index is 0.0320. The third-order valence-electron chi connectivity index (χ3n) is 5.70. The number of rotatable bonds is 6. The fraction of sp³-hybridized carbons (Fsp3) is 0.320. The van der Waals surface area contributed by atoms with Crippen LogP contribution in [0.1, 0.15) is 55.4 Å². The number of phenols is 1. The van der Waals surface area contributed by atoms with Gasteiger partial charge in [0.1, 0.15) is 11.8 Å². The molecule has 0 aliphatic heterocycles. The first kappa shape index (κ1) is 26.6. The number of aliphatic carboxylic acids is 1. The zero-order valence-electron chi connectivity index (χ0n) is 20.1. The summed E-state index contributed by atoms with van der Waals surface area (Å²) in [5.41, 5.74) is 8.88. The van der Waals surface area contributed by atoms with Crippen LogP contribution >= 0.6 is 11.3 Å². The van der Waals surface area contributed by atoms with E-state index in [1.165, 1.54) is 35.3 Å². The molecule has 1 aliphatic rings. The van der Waals surface area contributed by atoms with Crippen molar-refractivity contribution in [3.05, 3.63) is 68.7 Å². The smallest absolute Gasteiger partial charge is 0.328 e. The maximum Gasteiger partial charge on any atom is 0.328 e. The number of aryl methyl sites for hydroxylation is 3. The van der Waals surface area contributed by atoms with Gasteiger partial charge in [0.25, 0.3) is 11.8 Å². The molecule has 0 saturated heterocycles. The van der Waals surface area contributed by atoms with Crippen molar-refractivity contribution >= 4 is 35.1 Å². The van der Waals surface area contributed by atoms with Gasteiger partial charge >= 0.3 is 5.97 Å². The predicted octanol–water partition coefficient (Wildman–Crippen LogP) is 2.62. The zero-order chi connectivity index (χ0) is 26.2. The van der Waals surface area contributed by atoms with Gasteiger partial charge in [-0.15, -0.1) is 11.3 Å². The zero-order valence-corrected chi connectivity index (χ0v) is 20.9. The average molecular weight is 512 g/mol. The number of amides is 2. The molecule has 2 aromatic heterocycles. The van der Waals surface area contributed by atoms with Gasteiger partial charge in [0.15, 0.2) is 0 Å². The summed E-state index contributed by atoms with van der Waals surface area (Å²) in [6, 6.07) is 7.86. The summed E-state index contributed by atoms with van der Waals surface area (Å²) in [7, 11) is 0. The second-order valence-corrected chi connectivity index (χ2v) is 9.25. The van der Waals surface area contributed by atoms with Crippen LogP contribution in [0.5, 0.6) is 5.75 Å². The Morgan fingerprint density at radius 3 is 2.36 bits per heavy atom. The van der Waals surface area contributed by atoms with Crippen LogP contribution in [-0.4, -0.2) is 50.6 Å². The number of fused-ring (bicyclic) bond motifs is 1. The van der Waals surface area contributed by atoms with E-state index in [0.717, 1.165) is 12.8 Å². The summed E-state index contributed by atoms with van der Waals surface area (Å²) in [5.74, 6) is -1.80. The van der Waals surface area contributed by atoms with Crippen molar-refractivity contribution < 1.29 is 24.6 Å². The first-order valence-corrected chi connectivity index (χ1v) is 12.3. The molecule has 4 rings (SSSR count). The predicted molar refractivity (Wildman–Crippen MR) is 136 cm³/mol. The topological polar surface area (TPSA) is 168 Å². The molecule has 10 nitrogen and oxygen atoms in total. The second kappa shape index (κ2) is 12.1. The average Bonchev–Trinajstić information content (AvgIpc) is 3.37. The van der Waals surface area contributed by atoms with Gasteiger partial charge in [-0.3, -0.25) is 9.59 Å². The maximum absolute atomic E-state index is 12.4. The molecule has 1 unspecified atom stereocenters. The molecular formula is C25H29N5O5S. The van der Waals surface area contributed by atoms with Crippen LogP contribution in [0.3, 0.4) is 0 Å². The Bertz CT molecular complexity index is 1220. The fourth-order valence-electron chi connectivity index (χ4n) is 3.95. The molecule has 190 valence electrons. The van der Waals surface area contributed by atoms with Crippen LogP contribution in [0.25, 0.3) is 0 Å². The quantitative estimate of drug-likeness (QED) is 0.336. The Balaban J connectivity index is 0.000000270. The standard InChI is InChI=1S/C15H17N5O4S.C10H12O/c1-7-11(8(2)19-15(16)18-7)13(22)20-9(14(23)24)6-17-12(21)10-4-3-5-25-10;11-10-7-3-5-8-4-1-2-6-9(8)10/h3-5,9H,6H2,1-2H3,(H,17,21)(H,20,22)(H,23,24)(H2,16,18,19);3,5,7,11H,1-2,4,6H2. The van der Waals surface area contributed by atoms with Crippen LogP contribution in [0, 0.1) is 13.8 Å². The minimum Gasteiger partial charge on any atom is -0.508 e. The number of hydrogen-bond acceptors (Lipinski definition) is 8. The van der Waals surface area contributed by atoms with Crippen LogP contribution in [0.4, 0.5) is 5.95 Å². The van der Waals surface area contributed by atoms with Crippen LogP contribution in [0.2, 0.25) is 0 Å². The number of phenolic OH excluding ortho intramolecular Hbond substituents is 1. The monoisotopic (exact) mass is 511 g/mol. The number of nitrogens with zero attached hydrogens (tertiary/aromatic N) is 2. The van der Waals surface area contributed by atoms with Crippen LogP contribution in [0.15, 0.2) is 35.7 Å². The number of carbonyl (C=O) groups is 3. The highest BCUT2D eigenvalue weighted by Crippen LogP contribution is 2.28. The Hall–Kier alpha value is -3.99. The van der Waals surface area contributed by atoms with E-state index in [-0.39, 0.29) is 18.1 Å². The second-order valence-electron chi connectivity index (χ2n) is 8.30. The van der Waals surface area contributed by atoms with Gasteiger partial charge in [-0.1, -0.05) is 18.2 Å². The lowest BCUT2D eigenvalue weighted by atomic mass is 9.91. The number of hydrogen-bond donors (Lipinski definition) is 5. The number of thiophene rings is 1. The number of carbonyl (C=O) groups excluding carboxylic acids is 2. The highest BCUT2D eigenvalue weighted by molar-refractivity contribution is 7.12. The Morgan fingerprint density at radius 2 is 1.75 bits per heavy atom. The molecule has 0 spiro atoms. The van der Waals surface area contributed by atoms with Crippen molar-refractivity contribution in [1.29, 1.82) is 0 Å². The highest BCUT2D eigenvalue weighted by atomic mass is 32.1. The molecule has 0 radical (unpaired) electrons. The van der Waals surface area contributed by atoms with Gasteiger partial charge in [0.2, 0.25) is 5.95 Å². The fourth-order valence-corrected chi connectivity index (χ4v) is 4.59. The molecule has 2 heterocycles. The van der Waals surface area contributed by atoms with Crippen molar-refractivity contribution in [1.82, 2.24) is 20.6 Å². The summed E-state index contributed by atoms with van der Waals surface area (Å²) in [6.07, 6.45) is 4.70. The summed E-state index contributed by atoms with van der Waals surface area (Å²) in [5, 5.41) is 25.3. The van der Waals surface area contributed by atoms with Gasteiger partial charge in [-0.05, 0) is 68.2 Å². The van der Waals surface area contributed by atoms with E-state index < -0.39 is 23.8 Å². The molecule has 2 amide bonds. The third-order valence-corrected chi connectivity index (χ3v) is 6.57. The number of carboxylic acid groups (broad SMARTS) is 1. The number of nitrogens with one attached hydrogen (secondary N) is 2. The molecule has 0 saturated carbocycles. The summed E-state index contributed by atoms with van der Waals surface area (Å²) in [4.78, 5) is 43.9. The van der Waals surface area contributed by atoms with Crippen molar-refractivity contribution in [2.24, 2.45) is 0 Å². The van der Waals surface area contributed by atoms with E-state index in [2.05, 4.69) is 26.7 Å². The first-order chi connectivity index (χ1) is 17.2. The third kappa shape index (κ3) is 6.79. The van der Waals surface area contributed by atoms with E-state index in [4.69, 9.17) is 5.73 Å². The molecule has 3 aromatic rings. The van der Waals surface area contributed by atoms with Gasteiger partial charge in [-0.2, -0.15) is 0 Å². The minimum atomic E-state index is -1.30. The van der Waals surface area contributed by atoms with Crippen LogP contribution in [-0.2, 0) is 17.6 Å². The Labute approximate surface area is 212 Å². The van der Waals surface area contributed by atoms with Crippen LogP contribution < -0.4 is 16.4 Å². The number of aromatic nitrogens is 2. The van der Waals surface area contributed by atoms with Gasteiger partial charge < -0.3 is 26.6 Å². The Kier molecular flexibility index (Phi) is 8.96. The number of benzene rings is 1. The number of nitrogens with two attached hydrogens (primary N) is 1. The number of carboxylic acids is 1. The molecule has 6 N–H and O–H groups in total. The number of anilines is 1. The van der Waals surface area contributed by atoms with E-state index in [1.54, 1.807) is 37.4 Å². The molecular weight excluding hydrogens is 482 g/mol. The lowest BCUT2D eigenvalue weighted by Gasteiger charge is -2.16. The van der Waals surface area contributed by atoms with E-state index in [0.29, 0.717) is 22.0 Å². The normalized spacial score (nSPS) is 12.9. The molecule has 0 bridgehead atoms. The SMILES string of the molecule is Cc1nc(N)nc(C)c1C(=O)NC(CNC(=O)c1cccs1)C(=O)O.Oc1cccc2c1CCCC2. The van der Waals surface area contributed by atoms with E-state index >= 15 is 0 Å². The molecule has 0 fully saturated rings. The lowest BCUT2D eigenvalue weighted by molar-refractivity contribution is -0.139. The largest absolute Gasteiger partial charge is 0.508 e. The maximum atomic E-state index is 12.4. The van der Waals surface area contributed by atoms with Gasteiger partial charge in [0.05, 0.1) is 21.8 Å². The molecule has 1 aliphatic carbocycles. The van der Waals surface area contributed by atoms with E-state index in [9.17, 15) is 24.6 Å². The van der Waals surface area contributed by atoms with Gasteiger partial charge in [0, 0.05) is 6.54 Å². The lowest BCUT2D eigenvalue weighted by Crippen LogP contribution is -2.48. The van der Waals surface area contributed by atoms with Gasteiger partial charge in [-0.25, -0.2) is 14.8 Å². The van der Waals surface area contributed by atoms with Crippen molar-refractivity contribution in [3.8, 4) is 5.75 Å².